The SMILES string of the molecule is Cc1ccc(S(=O)(=O)OCCCCn2cncc2[N+](=O)[O-])cc1. The third-order valence-electron chi connectivity index (χ3n) is 3.22. The summed E-state index contributed by atoms with van der Waals surface area (Å²) < 4.78 is 30.3. The summed E-state index contributed by atoms with van der Waals surface area (Å²) in [6, 6.07) is 6.40. The summed E-state index contributed by atoms with van der Waals surface area (Å²) in [6.45, 7) is 2.27. The summed E-state index contributed by atoms with van der Waals surface area (Å²) >= 11 is 0. The second-order valence-corrected chi connectivity index (χ2v) is 6.61. The maximum atomic E-state index is 12.0. The van der Waals surface area contributed by atoms with Gasteiger partial charge < -0.3 is 10.1 Å². The zero-order chi connectivity index (χ0) is 16.9. The number of rotatable bonds is 8. The Kier molecular flexibility index (Phi) is 5.45. The first-order chi connectivity index (χ1) is 10.9. The van der Waals surface area contributed by atoms with E-state index in [1.807, 2.05) is 6.92 Å². The minimum absolute atomic E-state index is 0.0265. The van der Waals surface area contributed by atoms with E-state index < -0.39 is 15.0 Å². The minimum atomic E-state index is -3.76. The molecule has 0 saturated carbocycles. The van der Waals surface area contributed by atoms with E-state index in [0.29, 0.717) is 19.4 Å². The van der Waals surface area contributed by atoms with Gasteiger partial charge in [-0.1, -0.05) is 17.7 Å². The Balaban J connectivity index is 1.80. The first kappa shape index (κ1) is 17.1. The highest BCUT2D eigenvalue weighted by Crippen LogP contribution is 2.14. The first-order valence-electron chi connectivity index (χ1n) is 7.01. The molecule has 23 heavy (non-hydrogen) atoms. The molecule has 0 bridgehead atoms. The maximum Gasteiger partial charge on any atom is 0.342 e. The lowest BCUT2D eigenvalue weighted by Gasteiger charge is -2.06. The topological polar surface area (TPSA) is 104 Å². The quantitative estimate of drug-likeness (QED) is 0.316. The Bertz CT molecular complexity index is 768. The number of nitrogens with zero attached hydrogens (tertiary/aromatic N) is 3. The summed E-state index contributed by atoms with van der Waals surface area (Å²) in [5.74, 6) is -0.0850. The van der Waals surface area contributed by atoms with Crippen molar-refractivity contribution in [2.45, 2.75) is 31.2 Å². The van der Waals surface area contributed by atoms with E-state index in [1.165, 1.54) is 29.2 Å². The van der Waals surface area contributed by atoms with E-state index in [1.54, 1.807) is 12.1 Å². The van der Waals surface area contributed by atoms with Crippen LogP contribution in [0.3, 0.4) is 0 Å². The Morgan fingerprint density at radius 3 is 2.61 bits per heavy atom. The van der Waals surface area contributed by atoms with Crippen molar-refractivity contribution in [2.75, 3.05) is 6.61 Å². The van der Waals surface area contributed by atoms with Crippen LogP contribution in [0, 0.1) is 17.0 Å². The standard InChI is InChI=1S/C14H17N3O5S/c1-12-4-6-13(7-5-12)23(20,21)22-9-3-2-8-16-11-15-10-14(16)17(18)19/h4-7,10-11H,2-3,8-9H2,1H3. The summed E-state index contributed by atoms with van der Waals surface area (Å²) in [5, 5.41) is 10.7. The lowest BCUT2D eigenvalue weighted by Crippen LogP contribution is -2.09. The number of nitro groups is 1. The molecular weight excluding hydrogens is 322 g/mol. The predicted molar refractivity (Wildman–Crippen MR) is 82.4 cm³/mol. The second kappa shape index (κ2) is 7.34. The molecule has 9 heteroatoms. The Hall–Kier alpha value is -2.26. The summed E-state index contributed by atoms with van der Waals surface area (Å²) in [4.78, 5) is 14.1. The fraction of sp³-hybridized carbons (Fsp3) is 0.357. The molecule has 124 valence electrons. The molecule has 0 amide bonds. The molecule has 0 spiro atoms. The molecule has 0 atom stereocenters. The van der Waals surface area contributed by atoms with Crippen molar-refractivity contribution in [1.29, 1.82) is 0 Å². The van der Waals surface area contributed by atoms with Crippen molar-refractivity contribution < 1.29 is 17.5 Å². The number of hydrogen-bond acceptors (Lipinski definition) is 6. The third kappa shape index (κ3) is 4.60. The molecule has 0 saturated heterocycles. The van der Waals surface area contributed by atoms with E-state index in [0.717, 1.165) is 5.56 Å². The van der Waals surface area contributed by atoms with Gasteiger partial charge in [0.1, 0.15) is 6.20 Å². The molecule has 0 aliphatic carbocycles. The van der Waals surface area contributed by atoms with Gasteiger partial charge in [0.25, 0.3) is 10.1 Å². The van der Waals surface area contributed by atoms with Crippen LogP contribution in [-0.4, -0.2) is 29.5 Å². The fourth-order valence-corrected chi connectivity index (χ4v) is 2.91. The molecule has 1 aromatic carbocycles. The third-order valence-corrected chi connectivity index (χ3v) is 4.55. The van der Waals surface area contributed by atoms with Gasteiger partial charge in [0.05, 0.1) is 18.0 Å². The second-order valence-electron chi connectivity index (χ2n) is 5.00. The van der Waals surface area contributed by atoms with E-state index in [2.05, 4.69) is 4.98 Å². The van der Waals surface area contributed by atoms with Gasteiger partial charge in [0.2, 0.25) is 0 Å². The molecule has 8 nitrogen and oxygen atoms in total. The molecular formula is C14H17N3O5S. The van der Waals surface area contributed by atoms with Gasteiger partial charge in [-0.15, -0.1) is 0 Å². The van der Waals surface area contributed by atoms with Crippen molar-refractivity contribution in [2.24, 2.45) is 0 Å². The van der Waals surface area contributed by atoms with Crippen molar-refractivity contribution in [3.63, 3.8) is 0 Å². The van der Waals surface area contributed by atoms with Crippen molar-refractivity contribution >= 4 is 15.9 Å². The average molecular weight is 339 g/mol. The highest BCUT2D eigenvalue weighted by molar-refractivity contribution is 7.86. The summed E-state index contributed by atoms with van der Waals surface area (Å²) in [7, 11) is -3.76. The average Bonchev–Trinajstić information content (AvgIpc) is 2.96. The molecule has 0 aliphatic rings. The molecule has 2 rings (SSSR count). The van der Waals surface area contributed by atoms with Gasteiger partial charge in [0.15, 0.2) is 6.33 Å². The van der Waals surface area contributed by atoms with Crippen LogP contribution in [0.5, 0.6) is 0 Å². The molecule has 0 N–H and O–H groups in total. The van der Waals surface area contributed by atoms with Crippen LogP contribution in [0.25, 0.3) is 0 Å². The minimum Gasteiger partial charge on any atom is -0.358 e. The Morgan fingerprint density at radius 1 is 1.26 bits per heavy atom. The van der Waals surface area contributed by atoms with E-state index >= 15 is 0 Å². The number of aryl methyl sites for hydroxylation is 2. The van der Waals surface area contributed by atoms with Crippen molar-refractivity contribution in [3.8, 4) is 0 Å². The molecule has 0 aliphatic heterocycles. The fourth-order valence-electron chi connectivity index (χ4n) is 1.96. The molecule has 0 fully saturated rings. The summed E-state index contributed by atoms with van der Waals surface area (Å²) in [6.07, 6.45) is 3.56. The number of imidazole rings is 1. The van der Waals surface area contributed by atoms with Crippen LogP contribution in [0.15, 0.2) is 41.7 Å². The van der Waals surface area contributed by atoms with Crippen LogP contribution in [0.4, 0.5) is 5.82 Å². The zero-order valence-corrected chi connectivity index (χ0v) is 13.4. The van der Waals surface area contributed by atoms with E-state index in [4.69, 9.17) is 4.18 Å². The number of aromatic nitrogens is 2. The number of benzene rings is 1. The van der Waals surface area contributed by atoms with Crippen LogP contribution >= 0.6 is 0 Å². The van der Waals surface area contributed by atoms with Gasteiger partial charge in [-0.2, -0.15) is 8.42 Å². The van der Waals surface area contributed by atoms with Crippen molar-refractivity contribution in [3.05, 3.63) is 52.5 Å². The first-order valence-corrected chi connectivity index (χ1v) is 8.41. The maximum absolute atomic E-state index is 12.0. The monoisotopic (exact) mass is 339 g/mol. The molecule has 1 heterocycles. The number of hydrogen-bond donors (Lipinski definition) is 0. The van der Waals surface area contributed by atoms with E-state index in [9.17, 15) is 18.5 Å². The molecule has 0 unspecified atom stereocenters. The van der Waals surface area contributed by atoms with Crippen molar-refractivity contribution in [1.82, 2.24) is 9.55 Å². The van der Waals surface area contributed by atoms with Gasteiger partial charge in [-0.05, 0) is 36.8 Å². The number of unbranched alkanes of at least 4 members (excludes halogenated alkanes) is 1. The Morgan fingerprint density at radius 2 is 1.96 bits per heavy atom. The highest BCUT2D eigenvalue weighted by Gasteiger charge is 2.15. The lowest BCUT2D eigenvalue weighted by molar-refractivity contribution is -0.392. The van der Waals surface area contributed by atoms with Crippen LogP contribution < -0.4 is 0 Å². The predicted octanol–water partition coefficient (Wildman–Crippen LogP) is 2.29. The normalized spacial score (nSPS) is 11.5. The van der Waals surface area contributed by atoms with Crippen LogP contribution in [0.2, 0.25) is 0 Å². The summed E-state index contributed by atoms with van der Waals surface area (Å²) in [5.41, 5.74) is 0.964. The van der Waals surface area contributed by atoms with Gasteiger partial charge >= 0.3 is 5.82 Å². The van der Waals surface area contributed by atoms with Gasteiger partial charge in [-0.3, -0.25) is 4.18 Å². The molecule has 1 aromatic heterocycles. The molecule has 2 aromatic rings. The molecule has 0 radical (unpaired) electrons. The van der Waals surface area contributed by atoms with Gasteiger partial charge in [-0.25, -0.2) is 9.55 Å². The zero-order valence-electron chi connectivity index (χ0n) is 12.6. The van der Waals surface area contributed by atoms with Gasteiger partial charge in [0, 0.05) is 0 Å². The highest BCUT2D eigenvalue weighted by atomic mass is 32.2. The van der Waals surface area contributed by atoms with E-state index in [-0.39, 0.29) is 17.3 Å². The van der Waals surface area contributed by atoms with Crippen LogP contribution in [-0.2, 0) is 20.8 Å². The Labute approximate surface area is 134 Å². The lowest BCUT2D eigenvalue weighted by atomic mass is 10.2. The largest absolute Gasteiger partial charge is 0.358 e. The van der Waals surface area contributed by atoms with Crippen LogP contribution in [0.1, 0.15) is 18.4 Å². The smallest absolute Gasteiger partial charge is 0.342 e.